The van der Waals surface area contributed by atoms with Crippen LogP contribution in [0.2, 0.25) is 0 Å². The molecule has 0 atom stereocenters. The zero-order valence-electron chi connectivity index (χ0n) is 12.9. The Hall–Kier alpha value is -1.36. The van der Waals surface area contributed by atoms with Gasteiger partial charge in [-0.05, 0) is 57.7 Å². The number of hydrogen-bond acceptors (Lipinski definition) is 3. The van der Waals surface area contributed by atoms with E-state index in [1.54, 1.807) is 0 Å². The first-order chi connectivity index (χ1) is 10.2. The molecule has 2 aliphatic rings. The Bertz CT molecular complexity index is 472. The van der Waals surface area contributed by atoms with E-state index < -0.39 is 0 Å². The summed E-state index contributed by atoms with van der Waals surface area (Å²) in [6.07, 6.45) is 9.60. The van der Waals surface area contributed by atoms with Crippen molar-refractivity contribution in [3.63, 3.8) is 0 Å². The van der Waals surface area contributed by atoms with Gasteiger partial charge < -0.3 is 10.2 Å². The van der Waals surface area contributed by atoms with Crippen molar-refractivity contribution in [2.75, 3.05) is 19.6 Å². The number of likely N-dealkylation sites (tertiary alicyclic amines) is 1. The summed E-state index contributed by atoms with van der Waals surface area (Å²) in [4.78, 5) is 14.6. The summed E-state index contributed by atoms with van der Waals surface area (Å²) in [5, 5.41) is 7.51. The van der Waals surface area contributed by atoms with Crippen LogP contribution in [0.25, 0.3) is 0 Å². The zero-order valence-corrected chi connectivity index (χ0v) is 12.9. The van der Waals surface area contributed by atoms with Gasteiger partial charge in [0.25, 0.3) is 0 Å². The van der Waals surface area contributed by atoms with Gasteiger partial charge in [-0.1, -0.05) is 0 Å². The van der Waals surface area contributed by atoms with Gasteiger partial charge >= 0.3 is 0 Å². The van der Waals surface area contributed by atoms with Crippen LogP contribution < -0.4 is 5.32 Å². The van der Waals surface area contributed by atoms with E-state index in [9.17, 15) is 4.79 Å². The van der Waals surface area contributed by atoms with Crippen LogP contribution >= 0.6 is 0 Å². The van der Waals surface area contributed by atoms with Crippen LogP contribution in [-0.2, 0) is 11.3 Å². The molecule has 1 saturated carbocycles. The Morgan fingerprint density at radius 3 is 2.62 bits per heavy atom. The second kappa shape index (κ2) is 6.60. The van der Waals surface area contributed by atoms with Gasteiger partial charge in [0.2, 0.25) is 5.91 Å². The molecule has 5 heteroatoms. The topological polar surface area (TPSA) is 50.2 Å². The molecule has 0 spiro atoms. The van der Waals surface area contributed by atoms with Crippen molar-refractivity contribution in [3.8, 4) is 0 Å². The van der Waals surface area contributed by atoms with E-state index in [4.69, 9.17) is 0 Å². The molecular formula is C16H26N4O. The van der Waals surface area contributed by atoms with Crippen molar-refractivity contribution in [1.82, 2.24) is 20.0 Å². The van der Waals surface area contributed by atoms with Crippen molar-refractivity contribution in [1.29, 1.82) is 0 Å². The number of nitrogens with zero attached hydrogens (tertiary/aromatic N) is 3. The van der Waals surface area contributed by atoms with Crippen molar-refractivity contribution < 1.29 is 4.79 Å². The molecule has 1 N–H and O–H groups in total. The Morgan fingerprint density at radius 2 is 2.05 bits per heavy atom. The number of carbonyl (C=O) groups excluding carboxylic acids is 1. The summed E-state index contributed by atoms with van der Waals surface area (Å²) in [6, 6.07) is 0.471. The highest BCUT2D eigenvalue weighted by Gasteiger charge is 2.27. The number of amides is 1. The van der Waals surface area contributed by atoms with E-state index in [1.165, 1.54) is 24.8 Å². The molecule has 1 amide bonds. The largest absolute Gasteiger partial charge is 0.353 e. The summed E-state index contributed by atoms with van der Waals surface area (Å²) in [7, 11) is 0. The number of carbonyl (C=O) groups is 1. The van der Waals surface area contributed by atoms with E-state index in [2.05, 4.69) is 28.4 Å². The molecule has 2 fully saturated rings. The van der Waals surface area contributed by atoms with Crippen molar-refractivity contribution in [3.05, 3.63) is 18.0 Å². The molecular weight excluding hydrogens is 264 g/mol. The summed E-state index contributed by atoms with van der Waals surface area (Å²) < 4.78 is 2.00. The molecule has 1 aliphatic carbocycles. The van der Waals surface area contributed by atoms with E-state index in [0.29, 0.717) is 11.9 Å². The van der Waals surface area contributed by atoms with Gasteiger partial charge in [-0.2, -0.15) is 5.10 Å². The lowest BCUT2D eigenvalue weighted by Crippen LogP contribution is -2.46. The highest BCUT2D eigenvalue weighted by Crippen LogP contribution is 2.21. The summed E-state index contributed by atoms with van der Waals surface area (Å²) in [5.74, 6) is 0.524. The Kier molecular flexibility index (Phi) is 4.58. The third kappa shape index (κ3) is 3.84. The second-order valence-electron chi connectivity index (χ2n) is 6.53. The van der Waals surface area contributed by atoms with Gasteiger partial charge in [0.05, 0.1) is 12.7 Å². The van der Waals surface area contributed by atoms with Crippen LogP contribution in [0.4, 0.5) is 0 Å². The Labute approximate surface area is 126 Å². The van der Waals surface area contributed by atoms with Crippen molar-refractivity contribution >= 4 is 5.91 Å². The fourth-order valence-electron chi connectivity index (χ4n) is 3.12. The van der Waals surface area contributed by atoms with Crippen molar-refractivity contribution in [2.24, 2.45) is 5.92 Å². The first-order valence-electron chi connectivity index (χ1n) is 8.22. The van der Waals surface area contributed by atoms with Gasteiger partial charge in [0.15, 0.2) is 0 Å². The Morgan fingerprint density at radius 1 is 1.29 bits per heavy atom. The number of aryl methyl sites for hydroxylation is 1. The average molecular weight is 290 g/mol. The van der Waals surface area contributed by atoms with Crippen LogP contribution in [0, 0.1) is 12.8 Å². The maximum absolute atomic E-state index is 12.1. The maximum atomic E-state index is 12.1. The number of nitrogens with one attached hydrogen (secondary N) is 1. The molecule has 0 bridgehead atoms. The van der Waals surface area contributed by atoms with E-state index in [0.717, 1.165) is 39.0 Å². The fraction of sp³-hybridized carbons (Fsp3) is 0.750. The fourth-order valence-corrected chi connectivity index (χ4v) is 3.12. The molecule has 21 heavy (non-hydrogen) atoms. The minimum Gasteiger partial charge on any atom is -0.353 e. The third-order valence-corrected chi connectivity index (χ3v) is 4.82. The monoisotopic (exact) mass is 290 g/mol. The van der Waals surface area contributed by atoms with Crippen LogP contribution in [-0.4, -0.2) is 46.3 Å². The summed E-state index contributed by atoms with van der Waals surface area (Å²) >= 11 is 0. The standard InChI is InChI=1S/C16H26N4O/c1-13-11-17-20(12-13)10-9-19-7-5-14(6-8-19)16(21)18-15-3-2-4-15/h11-12,14-15H,2-10H2,1H3,(H,18,21). The lowest BCUT2D eigenvalue weighted by molar-refractivity contribution is -0.127. The molecule has 0 unspecified atom stereocenters. The van der Waals surface area contributed by atoms with Gasteiger partial charge in [0, 0.05) is 24.7 Å². The molecule has 116 valence electrons. The predicted molar refractivity (Wildman–Crippen MR) is 81.9 cm³/mol. The van der Waals surface area contributed by atoms with Crippen LogP contribution in [0.1, 0.15) is 37.7 Å². The van der Waals surface area contributed by atoms with E-state index in [-0.39, 0.29) is 5.92 Å². The first kappa shape index (κ1) is 14.6. The van der Waals surface area contributed by atoms with Gasteiger partial charge in [0.1, 0.15) is 0 Å². The highest BCUT2D eigenvalue weighted by atomic mass is 16.1. The van der Waals surface area contributed by atoms with Gasteiger partial charge in [-0.15, -0.1) is 0 Å². The number of rotatable bonds is 5. The normalized spacial score (nSPS) is 21.2. The number of hydrogen-bond donors (Lipinski definition) is 1. The molecule has 3 rings (SSSR count). The minimum absolute atomic E-state index is 0.230. The molecule has 1 aromatic heterocycles. The van der Waals surface area contributed by atoms with E-state index in [1.807, 2.05) is 10.9 Å². The third-order valence-electron chi connectivity index (χ3n) is 4.82. The second-order valence-corrected chi connectivity index (χ2v) is 6.53. The predicted octanol–water partition coefficient (Wildman–Crippen LogP) is 1.57. The smallest absolute Gasteiger partial charge is 0.223 e. The molecule has 2 heterocycles. The molecule has 5 nitrogen and oxygen atoms in total. The quantitative estimate of drug-likeness (QED) is 0.895. The molecule has 1 aliphatic heterocycles. The van der Waals surface area contributed by atoms with Crippen LogP contribution in [0.5, 0.6) is 0 Å². The van der Waals surface area contributed by atoms with E-state index >= 15 is 0 Å². The maximum Gasteiger partial charge on any atom is 0.223 e. The van der Waals surface area contributed by atoms with Gasteiger partial charge in [-0.3, -0.25) is 9.48 Å². The average Bonchev–Trinajstić information content (AvgIpc) is 2.87. The lowest BCUT2D eigenvalue weighted by Gasteiger charge is -2.33. The van der Waals surface area contributed by atoms with Crippen molar-refractivity contribution in [2.45, 2.75) is 51.6 Å². The molecule has 1 saturated heterocycles. The van der Waals surface area contributed by atoms with Gasteiger partial charge in [-0.25, -0.2) is 0 Å². The highest BCUT2D eigenvalue weighted by molar-refractivity contribution is 5.79. The molecule has 0 radical (unpaired) electrons. The molecule has 0 aromatic carbocycles. The van der Waals surface area contributed by atoms with Crippen LogP contribution in [0.15, 0.2) is 12.4 Å². The minimum atomic E-state index is 0.230. The SMILES string of the molecule is Cc1cnn(CCN2CCC(C(=O)NC3CCC3)CC2)c1. The lowest BCUT2D eigenvalue weighted by atomic mass is 9.90. The zero-order chi connectivity index (χ0) is 14.7. The van der Waals surface area contributed by atoms with Crippen LogP contribution in [0.3, 0.4) is 0 Å². The first-order valence-corrected chi connectivity index (χ1v) is 8.22. The summed E-state index contributed by atoms with van der Waals surface area (Å²) in [5.41, 5.74) is 1.21. The number of aromatic nitrogens is 2. The molecule has 1 aromatic rings. The number of piperidine rings is 1. The summed E-state index contributed by atoms with van der Waals surface area (Å²) in [6.45, 7) is 6.09. The Balaban J connectivity index is 1.37.